The lowest BCUT2D eigenvalue weighted by molar-refractivity contribution is 0.0675. The molecule has 2 fully saturated rings. The highest BCUT2D eigenvalue weighted by atomic mass is 35.5. The van der Waals surface area contributed by atoms with E-state index in [0.717, 1.165) is 18.5 Å². The SMILES string of the molecule is Cc1cc(C(=O)N(C)C2CC3CCC(C2)N3)n[nH]1.Cl. The number of hydrogen-bond donors (Lipinski definition) is 2. The Kier molecular flexibility index (Phi) is 4.16. The van der Waals surface area contributed by atoms with Gasteiger partial charge in [0, 0.05) is 30.9 Å². The first-order valence-corrected chi connectivity index (χ1v) is 6.68. The predicted molar refractivity (Wildman–Crippen MR) is 75.6 cm³/mol. The molecule has 5 nitrogen and oxygen atoms in total. The summed E-state index contributed by atoms with van der Waals surface area (Å²) in [6.07, 6.45) is 4.65. The zero-order chi connectivity index (χ0) is 12.7. The fourth-order valence-corrected chi connectivity index (χ4v) is 3.22. The molecule has 2 aliphatic rings. The summed E-state index contributed by atoms with van der Waals surface area (Å²) in [5.74, 6) is 0.0330. The molecule has 3 rings (SSSR count). The Hall–Kier alpha value is -1.07. The fraction of sp³-hybridized carbons (Fsp3) is 0.692. The van der Waals surface area contributed by atoms with Crippen LogP contribution in [0.15, 0.2) is 6.07 Å². The summed E-state index contributed by atoms with van der Waals surface area (Å²) in [6.45, 7) is 1.91. The molecule has 2 unspecified atom stereocenters. The van der Waals surface area contributed by atoms with Crippen LogP contribution in [0.1, 0.15) is 41.9 Å². The Morgan fingerprint density at radius 2 is 2.00 bits per heavy atom. The molecule has 19 heavy (non-hydrogen) atoms. The van der Waals surface area contributed by atoms with Gasteiger partial charge in [0.15, 0.2) is 0 Å². The van der Waals surface area contributed by atoms with Gasteiger partial charge < -0.3 is 10.2 Å². The van der Waals surface area contributed by atoms with Crippen LogP contribution in [0.3, 0.4) is 0 Å². The number of rotatable bonds is 2. The molecule has 1 amide bonds. The molecule has 6 heteroatoms. The Morgan fingerprint density at radius 1 is 1.37 bits per heavy atom. The molecule has 3 heterocycles. The molecule has 2 aliphatic heterocycles. The molecular formula is C13H21ClN4O. The number of nitrogens with zero attached hydrogens (tertiary/aromatic N) is 2. The van der Waals surface area contributed by atoms with E-state index in [1.807, 2.05) is 24.9 Å². The van der Waals surface area contributed by atoms with Gasteiger partial charge in [0.05, 0.1) is 0 Å². The maximum absolute atomic E-state index is 12.3. The van der Waals surface area contributed by atoms with Crippen LogP contribution >= 0.6 is 12.4 Å². The van der Waals surface area contributed by atoms with E-state index in [4.69, 9.17) is 0 Å². The third kappa shape index (κ3) is 2.77. The van der Waals surface area contributed by atoms with Crippen molar-refractivity contribution in [2.45, 2.75) is 50.7 Å². The van der Waals surface area contributed by atoms with Gasteiger partial charge in [0.25, 0.3) is 5.91 Å². The van der Waals surface area contributed by atoms with Crippen molar-refractivity contribution in [2.75, 3.05) is 7.05 Å². The Balaban J connectivity index is 0.00000133. The molecule has 0 aromatic carbocycles. The average Bonchev–Trinajstić information content (AvgIpc) is 2.94. The molecule has 2 saturated heterocycles. The predicted octanol–water partition coefficient (Wildman–Crippen LogP) is 1.49. The van der Waals surface area contributed by atoms with E-state index in [1.165, 1.54) is 12.8 Å². The minimum Gasteiger partial charge on any atom is -0.337 e. The molecular weight excluding hydrogens is 264 g/mol. The van der Waals surface area contributed by atoms with Gasteiger partial charge in [0.1, 0.15) is 5.69 Å². The number of aryl methyl sites for hydroxylation is 1. The monoisotopic (exact) mass is 284 g/mol. The zero-order valence-corrected chi connectivity index (χ0v) is 12.2. The molecule has 0 aliphatic carbocycles. The lowest BCUT2D eigenvalue weighted by atomic mass is 9.98. The molecule has 2 bridgehead atoms. The summed E-state index contributed by atoms with van der Waals surface area (Å²) in [6, 6.07) is 3.37. The number of amides is 1. The summed E-state index contributed by atoms with van der Waals surface area (Å²) in [4.78, 5) is 14.2. The van der Waals surface area contributed by atoms with E-state index in [0.29, 0.717) is 23.8 Å². The first-order valence-electron chi connectivity index (χ1n) is 6.68. The van der Waals surface area contributed by atoms with Gasteiger partial charge in [-0.25, -0.2) is 0 Å². The number of fused-ring (bicyclic) bond motifs is 2. The van der Waals surface area contributed by atoms with Gasteiger partial charge >= 0.3 is 0 Å². The standard InChI is InChI=1S/C13H20N4O.ClH/c1-8-5-12(16-15-8)13(18)17(2)11-6-9-3-4-10(7-11)14-9;/h5,9-11,14H,3-4,6-7H2,1-2H3,(H,15,16);1H. The van der Waals surface area contributed by atoms with Crippen molar-refractivity contribution < 1.29 is 4.79 Å². The lowest BCUT2D eigenvalue weighted by Gasteiger charge is -2.35. The normalized spacial score (nSPS) is 28.8. The van der Waals surface area contributed by atoms with Crippen LogP contribution in [0.25, 0.3) is 0 Å². The van der Waals surface area contributed by atoms with Crippen molar-refractivity contribution in [3.05, 3.63) is 17.5 Å². The summed E-state index contributed by atoms with van der Waals surface area (Å²) in [7, 11) is 1.90. The van der Waals surface area contributed by atoms with Crippen molar-refractivity contribution >= 4 is 18.3 Å². The smallest absolute Gasteiger partial charge is 0.274 e. The highest BCUT2D eigenvalue weighted by Gasteiger charge is 2.36. The van der Waals surface area contributed by atoms with Crippen LogP contribution in [0.2, 0.25) is 0 Å². The van der Waals surface area contributed by atoms with Gasteiger partial charge in [0.2, 0.25) is 0 Å². The second-order valence-electron chi connectivity index (χ2n) is 5.62. The summed E-state index contributed by atoms with van der Waals surface area (Å²) in [5, 5.41) is 10.5. The zero-order valence-electron chi connectivity index (χ0n) is 11.3. The number of nitrogens with one attached hydrogen (secondary N) is 2. The molecule has 1 aromatic heterocycles. The van der Waals surface area contributed by atoms with E-state index in [9.17, 15) is 4.79 Å². The highest BCUT2D eigenvalue weighted by Crippen LogP contribution is 2.29. The number of carbonyl (C=O) groups excluding carboxylic acids is 1. The molecule has 2 N–H and O–H groups in total. The fourth-order valence-electron chi connectivity index (χ4n) is 3.22. The summed E-state index contributed by atoms with van der Waals surface area (Å²) in [5.41, 5.74) is 1.46. The molecule has 1 aromatic rings. The summed E-state index contributed by atoms with van der Waals surface area (Å²) >= 11 is 0. The minimum atomic E-state index is 0. The number of aromatic amines is 1. The number of aromatic nitrogens is 2. The van der Waals surface area contributed by atoms with E-state index >= 15 is 0 Å². The molecule has 0 saturated carbocycles. The van der Waals surface area contributed by atoms with Crippen LogP contribution in [0, 0.1) is 6.92 Å². The van der Waals surface area contributed by atoms with Crippen molar-refractivity contribution in [3.63, 3.8) is 0 Å². The van der Waals surface area contributed by atoms with Gasteiger partial charge in [-0.2, -0.15) is 5.10 Å². The van der Waals surface area contributed by atoms with Gasteiger partial charge in [-0.15, -0.1) is 12.4 Å². The summed E-state index contributed by atoms with van der Waals surface area (Å²) < 4.78 is 0. The Morgan fingerprint density at radius 3 is 2.53 bits per heavy atom. The largest absolute Gasteiger partial charge is 0.337 e. The van der Waals surface area contributed by atoms with E-state index in [2.05, 4.69) is 15.5 Å². The lowest BCUT2D eigenvalue weighted by Crippen LogP contribution is -2.48. The van der Waals surface area contributed by atoms with Gasteiger partial charge in [-0.1, -0.05) is 0 Å². The van der Waals surface area contributed by atoms with Crippen molar-refractivity contribution in [1.29, 1.82) is 0 Å². The quantitative estimate of drug-likeness (QED) is 0.865. The molecule has 2 atom stereocenters. The van der Waals surface area contributed by atoms with E-state index < -0.39 is 0 Å². The molecule has 106 valence electrons. The van der Waals surface area contributed by atoms with Crippen LogP contribution in [0.4, 0.5) is 0 Å². The van der Waals surface area contributed by atoms with Crippen LogP contribution in [-0.4, -0.2) is 46.2 Å². The van der Waals surface area contributed by atoms with E-state index in [-0.39, 0.29) is 18.3 Å². The number of halogens is 1. The number of carbonyl (C=O) groups is 1. The minimum absolute atomic E-state index is 0. The van der Waals surface area contributed by atoms with Crippen LogP contribution in [0.5, 0.6) is 0 Å². The third-order valence-corrected chi connectivity index (χ3v) is 4.24. The third-order valence-electron chi connectivity index (χ3n) is 4.24. The maximum Gasteiger partial charge on any atom is 0.274 e. The van der Waals surface area contributed by atoms with Crippen LogP contribution < -0.4 is 5.32 Å². The second kappa shape index (κ2) is 5.51. The van der Waals surface area contributed by atoms with Crippen molar-refractivity contribution in [3.8, 4) is 0 Å². The van der Waals surface area contributed by atoms with Gasteiger partial charge in [-0.3, -0.25) is 9.89 Å². The van der Waals surface area contributed by atoms with Crippen molar-refractivity contribution in [1.82, 2.24) is 20.4 Å². The topological polar surface area (TPSA) is 61.0 Å². The molecule has 0 spiro atoms. The Labute approximate surface area is 119 Å². The highest BCUT2D eigenvalue weighted by molar-refractivity contribution is 5.92. The average molecular weight is 285 g/mol. The van der Waals surface area contributed by atoms with Crippen molar-refractivity contribution in [2.24, 2.45) is 0 Å². The number of H-pyrrole nitrogens is 1. The number of piperidine rings is 1. The Bertz CT molecular complexity index is 449. The van der Waals surface area contributed by atoms with E-state index in [1.54, 1.807) is 0 Å². The first kappa shape index (κ1) is 14.3. The first-order chi connectivity index (χ1) is 8.63. The van der Waals surface area contributed by atoms with Crippen LogP contribution in [-0.2, 0) is 0 Å². The maximum atomic E-state index is 12.3. The second-order valence-corrected chi connectivity index (χ2v) is 5.62. The molecule has 0 radical (unpaired) electrons. The van der Waals surface area contributed by atoms with Gasteiger partial charge in [-0.05, 0) is 38.7 Å². The number of hydrogen-bond acceptors (Lipinski definition) is 3.